The van der Waals surface area contributed by atoms with Crippen molar-refractivity contribution < 1.29 is 0 Å². The van der Waals surface area contributed by atoms with Crippen LogP contribution in [0.1, 0.15) is 90.4 Å². The number of rotatable bonds is 6. The zero-order chi connectivity index (χ0) is 16.1. The summed E-state index contributed by atoms with van der Waals surface area (Å²) in [5, 5.41) is 2.66. The fraction of sp³-hybridized carbons (Fsp3) is 0.950. The minimum Gasteiger partial charge on any atom is -0.292 e. The largest absolute Gasteiger partial charge is 0.292 e. The van der Waals surface area contributed by atoms with E-state index in [2.05, 4.69) is 22.0 Å². The van der Waals surface area contributed by atoms with E-state index in [0.717, 1.165) is 18.5 Å². The molecule has 0 aromatic rings. The van der Waals surface area contributed by atoms with E-state index >= 15 is 0 Å². The zero-order valence-corrected chi connectivity index (χ0v) is 15.8. The SMILES string of the molecule is CCCCCC[C@H]1CC[C@@H]2CCCC[C@]23CCC(N=C=S)CN13. The maximum Gasteiger partial charge on any atom is 0.0730 e. The van der Waals surface area contributed by atoms with E-state index in [1.807, 2.05) is 0 Å². The summed E-state index contributed by atoms with van der Waals surface area (Å²) >= 11 is 4.89. The molecule has 1 aliphatic carbocycles. The number of aliphatic imine (C=N–C) groups is 1. The van der Waals surface area contributed by atoms with Gasteiger partial charge in [0.2, 0.25) is 0 Å². The Morgan fingerprint density at radius 2 is 2.00 bits per heavy atom. The number of hydrogen-bond acceptors (Lipinski definition) is 3. The number of isothiocyanates is 1. The van der Waals surface area contributed by atoms with Crippen LogP contribution in [0.2, 0.25) is 0 Å². The molecule has 2 saturated heterocycles. The molecule has 1 unspecified atom stereocenters. The number of piperidine rings is 2. The lowest BCUT2D eigenvalue weighted by Crippen LogP contribution is -2.65. The number of thiocarbonyl (C=S) groups is 1. The molecule has 23 heavy (non-hydrogen) atoms. The van der Waals surface area contributed by atoms with Gasteiger partial charge in [-0.3, -0.25) is 4.90 Å². The Balaban J connectivity index is 1.72. The highest BCUT2D eigenvalue weighted by Crippen LogP contribution is 2.51. The molecule has 3 rings (SSSR count). The minimum atomic E-state index is 0.414. The smallest absolute Gasteiger partial charge is 0.0730 e. The molecule has 130 valence electrons. The van der Waals surface area contributed by atoms with Crippen molar-refractivity contribution in [3.05, 3.63) is 0 Å². The Labute approximate surface area is 148 Å². The third-order valence-corrected chi connectivity index (χ3v) is 7.08. The van der Waals surface area contributed by atoms with Crippen molar-refractivity contribution in [2.24, 2.45) is 10.9 Å². The monoisotopic (exact) mass is 334 g/mol. The summed E-state index contributed by atoms with van der Waals surface area (Å²) in [6, 6.07) is 1.22. The lowest BCUT2D eigenvalue weighted by atomic mass is 9.62. The van der Waals surface area contributed by atoms with E-state index in [4.69, 9.17) is 12.2 Å². The molecule has 2 nitrogen and oxygen atoms in total. The molecule has 1 saturated carbocycles. The molecule has 3 aliphatic rings. The first-order valence-electron chi connectivity index (χ1n) is 10.1. The first-order chi connectivity index (χ1) is 11.3. The zero-order valence-electron chi connectivity index (χ0n) is 14.9. The second kappa shape index (κ2) is 8.23. The van der Waals surface area contributed by atoms with Crippen molar-refractivity contribution in [1.82, 2.24) is 4.90 Å². The standard InChI is InChI=1S/C20H34N2S/c1-2-3-4-5-9-19-11-10-17-8-6-7-13-20(17)14-12-18(21-16-23)15-22(19)20/h17-19H,2-15H2,1H3/t17-,18?,19-,20-/m0/s1. The van der Waals surface area contributed by atoms with Gasteiger partial charge in [0.15, 0.2) is 0 Å². The molecule has 0 N–H and O–H groups in total. The average Bonchev–Trinajstić information content (AvgIpc) is 2.58. The van der Waals surface area contributed by atoms with Crippen LogP contribution in [0.15, 0.2) is 4.99 Å². The molecule has 4 atom stereocenters. The van der Waals surface area contributed by atoms with Crippen molar-refractivity contribution in [2.45, 2.75) is 108 Å². The molecule has 0 aromatic carbocycles. The Kier molecular flexibility index (Phi) is 6.29. The summed E-state index contributed by atoms with van der Waals surface area (Å²) in [6.45, 7) is 3.46. The van der Waals surface area contributed by atoms with Crippen molar-refractivity contribution in [1.29, 1.82) is 0 Å². The predicted octanol–water partition coefficient (Wildman–Crippen LogP) is 5.62. The van der Waals surface area contributed by atoms with Crippen LogP contribution in [0.25, 0.3) is 0 Å². The van der Waals surface area contributed by atoms with E-state index < -0.39 is 0 Å². The van der Waals surface area contributed by atoms with Crippen LogP contribution in [-0.2, 0) is 0 Å². The second-order valence-corrected chi connectivity index (χ2v) is 8.37. The first-order valence-corrected chi connectivity index (χ1v) is 10.5. The Bertz CT molecular complexity index is 431. The van der Waals surface area contributed by atoms with Crippen LogP contribution in [0.3, 0.4) is 0 Å². The maximum absolute atomic E-state index is 4.89. The van der Waals surface area contributed by atoms with Crippen LogP contribution in [0, 0.1) is 5.92 Å². The summed E-state index contributed by atoms with van der Waals surface area (Å²) in [5.41, 5.74) is 0.527. The third kappa shape index (κ3) is 3.72. The molecule has 0 bridgehead atoms. The second-order valence-electron chi connectivity index (χ2n) is 8.19. The molecule has 3 heteroatoms. The lowest BCUT2D eigenvalue weighted by molar-refractivity contribution is -0.0985. The molecular weight excluding hydrogens is 300 g/mol. The molecule has 1 spiro atoms. The minimum absolute atomic E-state index is 0.414. The van der Waals surface area contributed by atoms with Gasteiger partial charge in [0.05, 0.1) is 11.2 Å². The van der Waals surface area contributed by atoms with Gasteiger partial charge in [0.1, 0.15) is 0 Å². The van der Waals surface area contributed by atoms with Crippen molar-refractivity contribution in [3.63, 3.8) is 0 Å². The van der Waals surface area contributed by atoms with E-state index in [0.29, 0.717) is 11.6 Å². The van der Waals surface area contributed by atoms with E-state index in [1.165, 1.54) is 83.5 Å². The third-order valence-electron chi connectivity index (χ3n) is 6.98. The van der Waals surface area contributed by atoms with E-state index in [-0.39, 0.29) is 0 Å². The van der Waals surface area contributed by atoms with E-state index in [1.54, 1.807) is 0 Å². The average molecular weight is 335 g/mol. The fourth-order valence-corrected chi connectivity index (χ4v) is 5.97. The van der Waals surface area contributed by atoms with Crippen molar-refractivity contribution >= 4 is 17.4 Å². The maximum atomic E-state index is 4.89. The molecule has 0 aromatic heterocycles. The summed E-state index contributed by atoms with van der Waals surface area (Å²) < 4.78 is 0. The quantitative estimate of drug-likeness (QED) is 0.356. The van der Waals surface area contributed by atoms with E-state index in [9.17, 15) is 0 Å². The summed E-state index contributed by atoms with van der Waals surface area (Å²) in [5.74, 6) is 0.959. The molecule has 0 radical (unpaired) electrons. The number of unbranched alkanes of at least 4 members (excludes halogenated alkanes) is 3. The molecule has 2 aliphatic heterocycles. The van der Waals surface area contributed by atoms with Gasteiger partial charge in [-0.2, -0.15) is 0 Å². The lowest BCUT2D eigenvalue weighted by Gasteiger charge is -2.61. The number of nitrogens with zero attached hydrogens (tertiary/aromatic N) is 2. The normalized spacial score (nSPS) is 37.5. The summed E-state index contributed by atoms with van der Waals surface area (Å²) in [7, 11) is 0. The summed E-state index contributed by atoms with van der Waals surface area (Å²) in [4.78, 5) is 7.42. The number of hydrogen-bond donors (Lipinski definition) is 0. The summed E-state index contributed by atoms with van der Waals surface area (Å²) in [6.07, 6.45) is 18.3. The van der Waals surface area contributed by atoms with Crippen LogP contribution in [0.5, 0.6) is 0 Å². The molecule has 0 amide bonds. The Morgan fingerprint density at radius 3 is 2.83 bits per heavy atom. The van der Waals surface area contributed by atoms with Crippen LogP contribution in [-0.4, -0.2) is 34.2 Å². The van der Waals surface area contributed by atoms with Crippen LogP contribution >= 0.6 is 12.2 Å². The van der Waals surface area contributed by atoms with Gasteiger partial charge in [-0.15, -0.1) is 0 Å². The highest BCUT2D eigenvalue weighted by molar-refractivity contribution is 7.78. The highest BCUT2D eigenvalue weighted by atomic mass is 32.1. The molecule has 3 fully saturated rings. The Morgan fingerprint density at radius 1 is 1.09 bits per heavy atom. The van der Waals surface area contributed by atoms with Gasteiger partial charge in [-0.25, -0.2) is 4.99 Å². The van der Waals surface area contributed by atoms with Crippen LogP contribution in [0.4, 0.5) is 0 Å². The van der Waals surface area contributed by atoms with Gasteiger partial charge >= 0.3 is 0 Å². The molecule has 2 heterocycles. The van der Waals surface area contributed by atoms with Gasteiger partial charge in [-0.1, -0.05) is 45.4 Å². The molecular formula is C20H34N2S. The fourth-order valence-electron chi connectivity index (χ4n) is 5.82. The van der Waals surface area contributed by atoms with Gasteiger partial charge < -0.3 is 0 Å². The predicted molar refractivity (Wildman–Crippen MR) is 101 cm³/mol. The highest BCUT2D eigenvalue weighted by Gasteiger charge is 2.52. The van der Waals surface area contributed by atoms with Gasteiger partial charge in [-0.05, 0) is 63.1 Å². The van der Waals surface area contributed by atoms with Gasteiger partial charge in [0.25, 0.3) is 0 Å². The first kappa shape index (κ1) is 17.6. The topological polar surface area (TPSA) is 15.6 Å². The Hall–Kier alpha value is -0.240. The van der Waals surface area contributed by atoms with Crippen LogP contribution < -0.4 is 0 Å². The van der Waals surface area contributed by atoms with Crippen molar-refractivity contribution in [2.75, 3.05) is 6.54 Å². The van der Waals surface area contributed by atoms with Crippen molar-refractivity contribution in [3.8, 4) is 0 Å². The van der Waals surface area contributed by atoms with Gasteiger partial charge in [0, 0.05) is 18.1 Å².